The van der Waals surface area contributed by atoms with Gasteiger partial charge < -0.3 is 10.6 Å². The van der Waals surface area contributed by atoms with Crippen LogP contribution >= 0.6 is 12.2 Å². The molecule has 4 nitrogen and oxygen atoms in total. The minimum atomic E-state index is -4.32. The fourth-order valence-corrected chi connectivity index (χ4v) is 1.44. The maximum Gasteiger partial charge on any atom is 0.401 e. The zero-order valence-electron chi connectivity index (χ0n) is 11.3. The van der Waals surface area contributed by atoms with E-state index in [0.717, 1.165) is 4.90 Å². The number of likely N-dealkylation sites (N-methyl/N-ethyl adjacent to an activating group) is 1. The van der Waals surface area contributed by atoms with Gasteiger partial charge in [0.1, 0.15) is 0 Å². The second kappa shape index (κ2) is 7.64. The Morgan fingerprint density at radius 3 is 2.26 bits per heavy atom. The average molecular weight is 299 g/mol. The van der Waals surface area contributed by atoms with Crippen LogP contribution in [-0.4, -0.2) is 59.6 Å². The Morgan fingerprint density at radius 2 is 1.89 bits per heavy atom. The summed E-state index contributed by atoms with van der Waals surface area (Å²) in [6.07, 6.45) is -3.96. The molecule has 0 aromatic heterocycles. The number of amides is 1. The van der Waals surface area contributed by atoms with E-state index in [1.165, 1.54) is 11.9 Å². The molecule has 0 aromatic rings. The molecule has 0 aliphatic heterocycles. The first kappa shape index (κ1) is 18.1. The molecule has 0 saturated carbocycles. The van der Waals surface area contributed by atoms with Crippen molar-refractivity contribution in [2.75, 3.05) is 26.7 Å². The molecular formula is C11H20F3N3OS. The van der Waals surface area contributed by atoms with E-state index in [1.54, 1.807) is 13.8 Å². The summed E-state index contributed by atoms with van der Waals surface area (Å²) in [4.78, 5) is 14.5. The van der Waals surface area contributed by atoms with Crippen LogP contribution in [0.2, 0.25) is 0 Å². The first-order valence-electron chi connectivity index (χ1n) is 5.86. The fraction of sp³-hybridized carbons (Fsp3) is 0.818. The van der Waals surface area contributed by atoms with E-state index in [1.807, 2.05) is 0 Å². The quantitative estimate of drug-likeness (QED) is 0.722. The summed E-state index contributed by atoms with van der Waals surface area (Å²) in [7, 11) is 1.52. The van der Waals surface area contributed by atoms with Gasteiger partial charge in [-0.2, -0.15) is 13.2 Å². The third kappa shape index (κ3) is 8.77. The zero-order chi connectivity index (χ0) is 15.2. The Bertz CT molecular complexity index is 321. The lowest BCUT2D eigenvalue weighted by Gasteiger charge is -2.28. The van der Waals surface area contributed by atoms with E-state index in [0.29, 0.717) is 13.0 Å². The largest absolute Gasteiger partial charge is 0.401 e. The topological polar surface area (TPSA) is 49.6 Å². The van der Waals surface area contributed by atoms with Crippen LogP contribution in [0.25, 0.3) is 0 Å². The molecule has 0 aliphatic carbocycles. The van der Waals surface area contributed by atoms with Gasteiger partial charge in [0.15, 0.2) is 0 Å². The van der Waals surface area contributed by atoms with Crippen molar-refractivity contribution in [3.8, 4) is 0 Å². The summed E-state index contributed by atoms with van der Waals surface area (Å²) in [6.45, 7) is 2.18. The number of nitrogens with zero attached hydrogens (tertiary/aromatic N) is 2. The van der Waals surface area contributed by atoms with Gasteiger partial charge in [-0.25, -0.2) is 0 Å². The van der Waals surface area contributed by atoms with Crippen LogP contribution in [0.4, 0.5) is 13.2 Å². The summed E-state index contributed by atoms with van der Waals surface area (Å²) in [5.74, 6) is -0.380. The normalized spacial score (nSPS) is 12.0. The van der Waals surface area contributed by atoms with Crippen LogP contribution in [0.5, 0.6) is 0 Å². The minimum Gasteiger partial charge on any atom is -0.393 e. The lowest BCUT2D eigenvalue weighted by Crippen LogP contribution is -2.46. The van der Waals surface area contributed by atoms with Crippen molar-refractivity contribution in [1.82, 2.24) is 9.80 Å². The van der Waals surface area contributed by atoms with Gasteiger partial charge in [0.25, 0.3) is 0 Å². The second-order valence-corrected chi connectivity index (χ2v) is 5.17. The van der Waals surface area contributed by atoms with Gasteiger partial charge in [-0.05, 0) is 13.8 Å². The standard InChI is InChI=1S/C11H20F3N3OS/c1-8(2)17(7-11(12,13)14)6-10(18)16(3)5-4-9(15)19/h8H,4-7H2,1-3H3,(H2,15,19). The predicted molar refractivity (Wildman–Crippen MR) is 71.8 cm³/mol. The molecule has 0 rings (SSSR count). The second-order valence-electron chi connectivity index (χ2n) is 4.65. The molecule has 2 N–H and O–H groups in total. The summed E-state index contributed by atoms with van der Waals surface area (Å²) in [5, 5.41) is 0. The summed E-state index contributed by atoms with van der Waals surface area (Å²) in [6, 6.07) is -0.366. The monoisotopic (exact) mass is 299 g/mol. The van der Waals surface area contributed by atoms with Crippen molar-refractivity contribution in [3.05, 3.63) is 0 Å². The molecule has 1 amide bonds. The Balaban J connectivity index is 4.42. The number of carbonyl (C=O) groups excluding carboxylic acids is 1. The Hall–Kier alpha value is -0.890. The number of rotatable bonds is 7. The highest BCUT2D eigenvalue weighted by atomic mass is 32.1. The Labute approximate surface area is 116 Å². The molecule has 0 saturated heterocycles. The van der Waals surface area contributed by atoms with Crippen LogP contribution in [0, 0.1) is 0 Å². The molecule has 0 fully saturated rings. The average Bonchev–Trinajstić information content (AvgIpc) is 2.22. The highest BCUT2D eigenvalue weighted by Gasteiger charge is 2.32. The Kier molecular flexibility index (Phi) is 7.28. The molecule has 19 heavy (non-hydrogen) atoms. The molecule has 0 atom stereocenters. The predicted octanol–water partition coefficient (Wildman–Crippen LogP) is 1.39. The summed E-state index contributed by atoms with van der Waals surface area (Å²) in [5.41, 5.74) is 5.31. The van der Waals surface area contributed by atoms with Gasteiger partial charge in [0, 0.05) is 26.1 Å². The number of halogens is 3. The van der Waals surface area contributed by atoms with Crippen molar-refractivity contribution in [3.63, 3.8) is 0 Å². The van der Waals surface area contributed by atoms with Crippen molar-refractivity contribution in [2.45, 2.75) is 32.5 Å². The van der Waals surface area contributed by atoms with E-state index >= 15 is 0 Å². The first-order chi connectivity index (χ1) is 8.53. The maximum atomic E-state index is 12.4. The lowest BCUT2D eigenvalue weighted by molar-refractivity contribution is -0.154. The molecule has 0 spiro atoms. The van der Waals surface area contributed by atoms with E-state index in [9.17, 15) is 18.0 Å². The van der Waals surface area contributed by atoms with Gasteiger partial charge in [-0.15, -0.1) is 0 Å². The van der Waals surface area contributed by atoms with Crippen LogP contribution < -0.4 is 5.73 Å². The van der Waals surface area contributed by atoms with E-state index in [-0.39, 0.29) is 23.5 Å². The van der Waals surface area contributed by atoms with Crippen LogP contribution in [-0.2, 0) is 4.79 Å². The number of alkyl halides is 3. The number of hydrogen-bond acceptors (Lipinski definition) is 3. The molecule has 112 valence electrons. The van der Waals surface area contributed by atoms with Gasteiger partial charge in [-0.1, -0.05) is 12.2 Å². The van der Waals surface area contributed by atoms with E-state index in [4.69, 9.17) is 5.73 Å². The van der Waals surface area contributed by atoms with Crippen molar-refractivity contribution in [2.24, 2.45) is 5.73 Å². The molecular weight excluding hydrogens is 279 g/mol. The fourth-order valence-electron chi connectivity index (χ4n) is 1.35. The van der Waals surface area contributed by atoms with Crippen molar-refractivity contribution in [1.29, 1.82) is 0 Å². The van der Waals surface area contributed by atoms with Crippen molar-refractivity contribution >= 4 is 23.1 Å². The van der Waals surface area contributed by atoms with E-state index in [2.05, 4.69) is 12.2 Å². The van der Waals surface area contributed by atoms with Crippen LogP contribution in [0.1, 0.15) is 20.3 Å². The summed E-state index contributed by atoms with van der Waals surface area (Å²) < 4.78 is 37.1. The van der Waals surface area contributed by atoms with Crippen LogP contribution in [0.3, 0.4) is 0 Å². The smallest absolute Gasteiger partial charge is 0.393 e. The van der Waals surface area contributed by atoms with Gasteiger partial charge in [-0.3, -0.25) is 9.69 Å². The number of thiocarbonyl (C=S) groups is 1. The zero-order valence-corrected chi connectivity index (χ0v) is 12.1. The molecule has 0 aromatic carbocycles. The van der Waals surface area contributed by atoms with Gasteiger partial charge in [0.2, 0.25) is 5.91 Å². The lowest BCUT2D eigenvalue weighted by atomic mass is 10.3. The molecule has 0 bridgehead atoms. The SMILES string of the molecule is CC(C)N(CC(=O)N(C)CCC(N)=S)CC(F)(F)F. The highest BCUT2D eigenvalue weighted by Crippen LogP contribution is 2.17. The molecule has 0 unspecified atom stereocenters. The van der Waals surface area contributed by atoms with Crippen molar-refractivity contribution < 1.29 is 18.0 Å². The van der Waals surface area contributed by atoms with Gasteiger partial charge in [0.05, 0.1) is 18.1 Å². The number of hydrogen-bond donors (Lipinski definition) is 1. The molecule has 0 heterocycles. The van der Waals surface area contributed by atoms with Gasteiger partial charge >= 0.3 is 6.18 Å². The maximum absolute atomic E-state index is 12.4. The molecule has 0 radical (unpaired) electrons. The number of carbonyl (C=O) groups is 1. The Morgan fingerprint density at radius 1 is 1.37 bits per heavy atom. The molecule has 0 aliphatic rings. The van der Waals surface area contributed by atoms with Crippen LogP contribution in [0.15, 0.2) is 0 Å². The first-order valence-corrected chi connectivity index (χ1v) is 6.27. The third-order valence-corrected chi connectivity index (χ3v) is 2.77. The highest BCUT2D eigenvalue weighted by molar-refractivity contribution is 7.80. The minimum absolute atomic E-state index is 0.273. The third-order valence-electron chi connectivity index (χ3n) is 2.57. The number of nitrogens with two attached hydrogens (primary N) is 1. The molecule has 8 heteroatoms. The summed E-state index contributed by atoms with van der Waals surface area (Å²) >= 11 is 4.68. The van der Waals surface area contributed by atoms with E-state index < -0.39 is 12.7 Å².